The lowest BCUT2D eigenvalue weighted by atomic mass is 10.0. The van der Waals surface area contributed by atoms with Crippen LogP contribution in [-0.2, 0) is 4.74 Å². The van der Waals surface area contributed by atoms with Crippen LogP contribution in [0.1, 0.15) is 11.7 Å². The summed E-state index contributed by atoms with van der Waals surface area (Å²) in [4.78, 5) is 7.18. The minimum atomic E-state index is -0.900. The molecule has 2 heterocycles. The van der Waals surface area contributed by atoms with Gasteiger partial charge < -0.3 is 15.5 Å². The van der Waals surface area contributed by atoms with Crippen LogP contribution < -0.4 is 5.73 Å². The van der Waals surface area contributed by atoms with Gasteiger partial charge in [-0.1, -0.05) is 0 Å². The molecule has 0 saturated carbocycles. The smallest absolute Gasteiger partial charge is 0.161 e. The number of hydrogen-bond donors (Lipinski definition) is 2. The molecule has 3 rings (SSSR count). The highest BCUT2D eigenvalue weighted by atomic mass is 19.2. The molecule has 17 heavy (non-hydrogen) atoms. The monoisotopic (exact) mass is 239 g/mol. The summed E-state index contributed by atoms with van der Waals surface area (Å²) in [6, 6.07) is 2.04. The van der Waals surface area contributed by atoms with E-state index in [0.717, 1.165) is 12.1 Å². The number of imidazole rings is 1. The van der Waals surface area contributed by atoms with Crippen molar-refractivity contribution in [2.24, 2.45) is 5.73 Å². The number of H-pyrrole nitrogens is 1. The summed E-state index contributed by atoms with van der Waals surface area (Å²) in [5, 5.41) is 0. The van der Waals surface area contributed by atoms with E-state index in [1.54, 1.807) is 0 Å². The second-order valence-corrected chi connectivity index (χ2v) is 4.21. The third-order valence-electron chi connectivity index (χ3n) is 3.02. The minimum absolute atomic E-state index is 0.0477. The van der Waals surface area contributed by atoms with E-state index in [0.29, 0.717) is 30.1 Å². The highest BCUT2D eigenvalue weighted by Gasteiger charge is 2.29. The van der Waals surface area contributed by atoms with Crippen LogP contribution in [0.4, 0.5) is 8.78 Å². The molecule has 2 unspecified atom stereocenters. The Balaban J connectivity index is 2.07. The first-order chi connectivity index (χ1) is 8.15. The van der Waals surface area contributed by atoms with Gasteiger partial charge >= 0.3 is 0 Å². The Bertz CT molecular complexity index is 530. The van der Waals surface area contributed by atoms with Crippen LogP contribution in [0, 0.1) is 11.6 Å². The lowest BCUT2D eigenvalue weighted by Crippen LogP contribution is -2.27. The van der Waals surface area contributed by atoms with Gasteiger partial charge in [-0.2, -0.15) is 0 Å². The summed E-state index contributed by atoms with van der Waals surface area (Å²) >= 11 is 0. The molecule has 1 aliphatic heterocycles. The van der Waals surface area contributed by atoms with Gasteiger partial charge in [0, 0.05) is 18.2 Å². The van der Waals surface area contributed by atoms with Crippen molar-refractivity contribution >= 4 is 11.0 Å². The summed E-state index contributed by atoms with van der Waals surface area (Å²) in [5.74, 6) is -1.22. The van der Waals surface area contributed by atoms with Gasteiger partial charge in [-0.25, -0.2) is 13.8 Å². The predicted molar refractivity (Wildman–Crippen MR) is 57.5 cm³/mol. The fraction of sp³-hybridized carbons (Fsp3) is 0.364. The number of halogens is 2. The van der Waals surface area contributed by atoms with Crippen molar-refractivity contribution in [1.29, 1.82) is 0 Å². The Morgan fingerprint density at radius 1 is 1.29 bits per heavy atom. The number of aromatic amines is 1. The topological polar surface area (TPSA) is 63.9 Å². The molecule has 0 bridgehead atoms. The van der Waals surface area contributed by atoms with Crippen molar-refractivity contribution in [3.63, 3.8) is 0 Å². The SMILES string of the molecule is NC1COCC1c1nc2cc(F)c(F)cc2[nH]1. The van der Waals surface area contributed by atoms with Crippen molar-refractivity contribution in [2.75, 3.05) is 13.2 Å². The summed E-state index contributed by atoms with van der Waals surface area (Å²) in [6.45, 7) is 0.955. The van der Waals surface area contributed by atoms with Crippen molar-refractivity contribution in [1.82, 2.24) is 9.97 Å². The summed E-state index contributed by atoms with van der Waals surface area (Å²) < 4.78 is 31.3. The first kappa shape index (κ1) is 10.6. The summed E-state index contributed by atoms with van der Waals surface area (Å²) in [7, 11) is 0. The molecule has 0 amide bonds. The third-order valence-corrected chi connectivity index (χ3v) is 3.02. The predicted octanol–water partition coefficient (Wildman–Crippen LogP) is 1.28. The largest absolute Gasteiger partial charge is 0.379 e. The quantitative estimate of drug-likeness (QED) is 0.788. The standard InChI is InChI=1S/C11H11F2N3O/c12-6-1-9-10(2-7(6)13)16-11(15-9)5-3-17-4-8(5)14/h1-2,5,8H,3-4,14H2,(H,15,16). The van der Waals surface area contributed by atoms with Crippen LogP contribution >= 0.6 is 0 Å². The Kier molecular flexibility index (Phi) is 2.34. The molecular weight excluding hydrogens is 228 g/mol. The number of nitrogens with zero attached hydrogens (tertiary/aromatic N) is 1. The van der Waals surface area contributed by atoms with Gasteiger partial charge in [-0.05, 0) is 0 Å². The molecule has 1 saturated heterocycles. The molecule has 2 aromatic rings. The molecule has 0 radical (unpaired) electrons. The van der Waals surface area contributed by atoms with Gasteiger partial charge in [-0.3, -0.25) is 0 Å². The lowest BCUT2D eigenvalue weighted by Gasteiger charge is -2.08. The zero-order valence-corrected chi connectivity index (χ0v) is 8.91. The molecule has 0 aliphatic carbocycles. The summed E-state index contributed by atoms with van der Waals surface area (Å²) in [5.41, 5.74) is 6.73. The van der Waals surface area contributed by atoms with Gasteiger partial charge in [-0.15, -0.1) is 0 Å². The van der Waals surface area contributed by atoms with Crippen LogP contribution in [-0.4, -0.2) is 29.2 Å². The second kappa shape index (κ2) is 3.75. The van der Waals surface area contributed by atoms with Crippen LogP contribution in [0.5, 0.6) is 0 Å². The zero-order chi connectivity index (χ0) is 12.0. The van der Waals surface area contributed by atoms with E-state index in [4.69, 9.17) is 10.5 Å². The Labute approximate surface area is 95.8 Å². The van der Waals surface area contributed by atoms with Crippen molar-refractivity contribution in [2.45, 2.75) is 12.0 Å². The molecule has 90 valence electrons. The lowest BCUT2D eigenvalue weighted by molar-refractivity contribution is 0.190. The van der Waals surface area contributed by atoms with Crippen molar-refractivity contribution in [3.8, 4) is 0 Å². The maximum Gasteiger partial charge on any atom is 0.161 e. The van der Waals surface area contributed by atoms with Crippen LogP contribution in [0.2, 0.25) is 0 Å². The molecule has 4 nitrogen and oxygen atoms in total. The number of nitrogens with one attached hydrogen (secondary N) is 1. The molecule has 1 aliphatic rings. The van der Waals surface area contributed by atoms with Gasteiger partial charge in [0.25, 0.3) is 0 Å². The molecule has 1 aromatic heterocycles. The zero-order valence-electron chi connectivity index (χ0n) is 8.91. The highest BCUT2D eigenvalue weighted by molar-refractivity contribution is 5.75. The van der Waals surface area contributed by atoms with Gasteiger partial charge in [0.1, 0.15) is 5.82 Å². The second-order valence-electron chi connectivity index (χ2n) is 4.21. The Morgan fingerprint density at radius 2 is 2.06 bits per heavy atom. The van der Waals surface area contributed by atoms with Crippen LogP contribution in [0.15, 0.2) is 12.1 Å². The highest BCUT2D eigenvalue weighted by Crippen LogP contribution is 2.25. The molecular formula is C11H11F2N3O. The molecule has 1 fully saturated rings. The first-order valence-electron chi connectivity index (χ1n) is 5.33. The number of hydrogen-bond acceptors (Lipinski definition) is 3. The van der Waals surface area contributed by atoms with Crippen molar-refractivity contribution in [3.05, 3.63) is 29.6 Å². The Hall–Kier alpha value is -1.53. The van der Waals surface area contributed by atoms with Crippen molar-refractivity contribution < 1.29 is 13.5 Å². The van der Waals surface area contributed by atoms with Gasteiger partial charge in [0.2, 0.25) is 0 Å². The van der Waals surface area contributed by atoms with E-state index in [9.17, 15) is 8.78 Å². The number of aromatic nitrogens is 2. The number of rotatable bonds is 1. The molecule has 0 spiro atoms. The molecule has 2 atom stereocenters. The van der Waals surface area contributed by atoms with Crippen LogP contribution in [0.25, 0.3) is 11.0 Å². The number of ether oxygens (including phenoxy) is 1. The number of benzene rings is 1. The van der Waals surface area contributed by atoms with Gasteiger partial charge in [0.15, 0.2) is 11.6 Å². The average Bonchev–Trinajstić information content (AvgIpc) is 2.85. The maximum absolute atomic E-state index is 13.0. The molecule has 1 aromatic carbocycles. The Morgan fingerprint density at radius 3 is 2.76 bits per heavy atom. The maximum atomic E-state index is 13.0. The minimum Gasteiger partial charge on any atom is -0.379 e. The first-order valence-corrected chi connectivity index (χ1v) is 5.33. The van der Waals surface area contributed by atoms with E-state index in [2.05, 4.69) is 9.97 Å². The fourth-order valence-corrected chi connectivity index (χ4v) is 2.05. The van der Waals surface area contributed by atoms with E-state index in [1.807, 2.05) is 0 Å². The average molecular weight is 239 g/mol. The van der Waals surface area contributed by atoms with Crippen LogP contribution in [0.3, 0.4) is 0 Å². The summed E-state index contributed by atoms with van der Waals surface area (Å²) in [6.07, 6.45) is 0. The molecule has 3 N–H and O–H groups in total. The third kappa shape index (κ3) is 1.69. The van der Waals surface area contributed by atoms with E-state index < -0.39 is 11.6 Å². The fourth-order valence-electron chi connectivity index (χ4n) is 2.05. The van der Waals surface area contributed by atoms with E-state index >= 15 is 0 Å². The van der Waals surface area contributed by atoms with E-state index in [1.165, 1.54) is 0 Å². The normalized spacial score (nSPS) is 24.6. The molecule has 6 heteroatoms. The number of nitrogens with two attached hydrogens (primary N) is 1. The number of fused-ring (bicyclic) bond motifs is 1. The van der Waals surface area contributed by atoms with E-state index in [-0.39, 0.29) is 12.0 Å². The van der Waals surface area contributed by atoms with Gasteiger partial charge in [0.05, 0.1) is 30.2 Å².